The van der Waals surface area contributed by atoms with Crippen LogP contribution in [0.25, 0.3) is 0 Å². The summed E-state index contributed by atoms with van der Waals surface area (Å²) in [6, 6.07) is 0. The minimum Gasteiger partial charge on any atom is -0.394 e. The van der Waals surface area contributed by atoms with Gasteiger partial charge in [0.05, 0.1) is 12.7 Å². The van der Waals surface area contributed by atoms with Gasteiger partial charge in [-0.1, -0.05) is 18.2 Å². The largest absolute Gasteiger partial charge is 0.394 e. The molecule has 0 bridgehead atoms. The monoisotopic (exact) mass is 170 g/mol. The van der Waals surface area contributed by atoms with Crippen molar-refractivity contribution in [3.63, 3.8) is 0 Å². The first-order valence-corrected chi connectivity index (χ1v) is 4.01. The Hall–Kier alpha value is -0.640. The maximum Gasteiger partial charge on any atom is 0.111 e. The van der Waals surface area contributed by atoms with Crippen molar-refractivity contribution >= 4 is 0 Å². The van der Waals surface area contributed by atoms with Crippen LogP contribution in [0.4, 0.5) is 0 Å². The molecule has 0 fully saturated rings. The van der Waals surface area contributed by atoms with Crippen molar-refractivity contribution in [2.24, 2.45) is 0 Å². The molecule has 0 saturated carbocycles. The van der Waals surface area contributed by atoms with Crippen LogP contribution in [0.3, 0.4) is 0 Å². The van der Waals surface area contributed by atoms with Crippen LogP contribution in [0.5, 0.6) is 0 Å². The van der Waals surface area contributed by atoms with Crippen molar-refractivity contribution in [1.82, 2.24) is 0 Å². The SMILES string of the molecule is C=CC[C@H]1C=C[C@@H](O)[C@H](CO)O1. The molecule has 68 valence electrons. The lowest BCUT2D eigenvalue weighted by Crippen LogP contribution is -2.37. The molecule has 12 heavy (non-hydrogen) atoms. The van der Waals surface area contributed by atoms with Gasteiger partial charge in [-0.05, 0) is 6.42 Å². The number of aliphatic hydroxyl groups is 2. The third-order valence-corrected chi connectivity index (χ3v) is 1.83. The van der Waals surface area contributed by atoms with Crippen LogP contribution in [0, 0.1) is 0 Å². The van der Waals surface area contributed by atoms with Gasteiger partial charge in [0, 0.05) is 0 Å². The topological polar surface area (TPSA) is 49.7 Å². The number of rotatable bonds is 3. The highest BCUT2D eigenvalue weighted by Crippen LogP contribution is 2.15. The first kappa shape index (κ1) is 9.45. The van der Waals surface area contributed by atoms with Gasteiger partial charge in [0.1, 0.15) is 12.2 Å². The number of aliphatic hydroxyl groups excluding tert-OH is 2. The highest BCUT2D eigenvalue weighted by Gasteiger charge is 2.23. The zero-order valence-corrected chi connectivity index (χ0v) is 6.89. The summed E-state index contributed by atoms with van der Waals surface area (Å²) < 4.78 is 5.33. The van der Waals surface area contributed by atoms with Crippen LogP contribution in [-0.4, -0.2) is 35.1 Å². The van der Waals surface area contributed by atoms with E-state index in [9.17, 15) is 5.11 Å². The van der Waals surface area contributed by atoms with E-state index in [0.717, 1.165) is 0 Å². The fourth-order valence-electron chi connectivity index (χ4n) is 1.16. The molecule has 3 heteroatoms. The summed E-state index contributed by atoms with van der Waals surface area (Å²) >= 11 is 0. The van der Waals surface area contributed by atoms with Crippen LogP contribution in [0.15, 0.2) is 24.8 Å². The average Bonchev–Trinajstić information content (AvgIpc) is 2.09. The molecule has 1 aliphatic rings. The Balaban J connectivity index is 2.51. The molecule has 1 heterocycles. The Morgan fingerprint density at radius 2 is 2.25 bits per heavy atom. The van der Waals surface area contributed by atoms with E-state index in [1.54, 1.807) is 18.2 Å². The normalized spacial score (nSPS) is 35.0. The summed E-state index contributed by atoms with van der Waals surface area (Å²) in [5.41, 5.74) is 0. The van der Waals surface area contributed by atoms with Crippen LogP contribution < -0.4 is 0 Å². The predicted molar refractivity (Wildman–Crippen MR) is 45.7 cm³/mol. The van der Waals surface area contributed by atoms with Crippen molar-refractivity contribution < 1.29 is 14.9 Å². The molecule has 0 unspecified atom stereocenters. The number of hydrogen-bond donors (Lipinski definition) is 2. The maximum absolute atomic E-state index is 9.26. The van der Waals surface area contributed by atoms with Gasteiger partial charge in [0.2, 0.25) is 0 Å². The smallest absolute Gasteiger partial charge is 0.111 e. The first-order chi connectivity index (χ1) is 5.77. The minimum absolute atomic E-state index is 0.0527. The molecule has 0 aromatic rings. The molecule has 1 aliphatic heterocycles. The molecule has 3 nitrogen and oxygen atoms in total. The molecular weight excluding hydrogens is 156 g/mol. The summed E-state index contributed by atoms with van der Waals surface area (Å²) in [6.45, 7) is 3.43. The standard InChI is InChI=1S/C9H14O3/c1-2-3-7-4-5-8(11)9(6-10)12-7/h2,4-5,7-11H,1,3,6H2/t7-,8+,9-/m0/s1. The Morgan fingerprint density at radius 1 is 1.50 bits per heavy atom. The van der Waals surface area contributed by atoms with E-state index in [0.29, 0.717) is 6.42 Å². The number of ether oxygens (including phenoxy) is 1. The van der Waals surface area contributed by atoms with Crippen LogP contribution in [0.1, 0.15) is 6.42 Å². The molecule has 0 spiro atoms. The molecule has 0 aliphatic carbocycles. The average molecular weight is 170 g/mol. The molecule has 0 amide bonds. The zero-order valence-electron chi connectivity index (χ0n) is 6.89. The summed E-state index contributed by atoms with van der Waals surface area (Å²) in [6.07, 6.45) is 4.68. The van der Waals surface area contributed by atoms with Gasteiger partial charge in [-0.25, -0.2) is 0 Å². The highest BCUT2D eigenvalue weighted by atomic mass is 16.5. The molecule has 0 aromatic heterocycles. The Bertz CT molecular complexity index is 177. The van der Waals surface area contributed by atoms with Crippen molar-refractivity contribution in [2.75, 3.05) is 6.61 Å². The third-order valence-electron chi connectivity index (χ3n) is 1.83. The van der Waals surface area contributed by atoms with E-state index in [2.05, 4.69) is 6.58 Å². The van der Waals surface area contributed by atoms with Gasteiger partial charge in [-0.3, -0.25) is 0 Å². The van der Waals surface area contributed by atoms with E-state index in [1.165, 1.54) is 0 Å². The Morgan fingerprint density at radius 3 is 2.83 bits per heavy atom. The first-order valence-electron chi connectivity index (χ1n) is 4.01. The Kier molecular flexibility index (Phi) is 3.47. The second kappa shape index (κ2) is 4.40. The Labute approximate surface area is 72.0 Å². The van der Waals surface area contributed by atoms with Gasteiger partial charge in [-0.2, -0.15) is 0 Å². The summed E-state index contributed by atoms with van der Waals surface area (Å²) in [7, 11) is 0. The molecule has 0 saturated heterocycles. The predicted octanol–water partition coefficient (Wildman–Crippen LogP) is 0.239. The van der Waals surface area contributed by atoms with Gasteiger partial charge in [-0.15, -0.1) is 6.58 Å². The molecule has 1 rings (SSSR count). The summed E-state index contributed by atoms with van der Waals surface area (Å²) in [5.74, 6) is 0. The highest BCUT2D eigenvalue weighted by molar-refractivity contribution is 5.03. The van der Waals surface area contributed by atoms with Gasteiger partial charge >= 0.3 is 0 Å². The maximum atomic E-state index is 9.26. The van der Waals surface area contributed by atoms with E-state index >= 15 is 0 Å². The van der Waals surface area contributed by atoms with E-state index in [1.807, 2.05) is 0 Å². The molecule has 0 radical (unpaired) electrons. The minimum atomic E-state index is -0.684. The van der Waals surface area contributed by atoms with Crippen molar-refractivity contribution in [3.05, 3.63) is 24.8 Å². The van der Waals surface area contributed by atoms with Gasteiger partial charge in [0.25, 0.3) is 0 Å². The van der Waals surface area contributed by atoms with Gasteiger partial charge < -0.3 is 14.9 Å². The van der Waals surface area contributed by atoms with E-state index in [4.69, 9.17) is 9.84 Å². The summed E-state index contributed by atoms with van der Waals surface area (Å²) in [4.78, 5) is 0. The molecular formula is C9H14O3. The van der Waals surface area contributed by atoms with Gasteiger partial charge in [0.15, 0.2) is 0 Å². The molecule has 2 N–H and O–H groups in total. The van der Waals surface area contributed by atoms with Crippen molar-refractivity contribution in [3.8, 4) is 0 Å². The zero-order chi connectivity index (χ0) is 8.97. The van der Waals surface area contributed by atoms with Crippen molar-refractivity contribution in [1.29, 1.82) is 0 Å². The lowest BCUT2D eigenvalue weighted by atomic mass is 10.1. The lowest BCUT2D eigenvalue weighted by molar-refractivity contribution is -0.0779. The molecule has 0 aromatic carbocycles. The number of hydrogen-bond acceptors (Lipinski definition) is 3. The lowest BCUT2D eigenvalue weighted by Gasteiger charge is -2.27. The fraction of sp³-hybridized carbons (Fsp3) is 0.556. The summed E-state index contributed by atoms with van der Waals surface area (Å²) in [5, 5.41) is 18.1. The quantitative estimate of drug-likeness (QED) is 0.596. The van der Waals surface area contributed by atoms with Crippen LogP contribution in [0.2, 0.25) is 0 Å². The third kappa shape index (κ3) is 2.17. The second-order valence-corrected chi connectivity index (χ2v) is 2.80. The van der Waals surface area contributed by atoms with Crippen molar-refractivity contribution in [2.45, 2.75) is 24.7 Å². The fourth-order valence-corrected chi connectivity index (χ4v) is 1.16. The second-order valence-electron chi connectivity index (χ2n) is 2.80. The van der Waals surface area contributed by atoms with E-state index in [-0.39, 0.29) is 12.7 Å². The van der Waals surface area contributed by atoms with E-state index < -0.39 is 12.2 Å². The van der Waals surface area contributed by atoms with Crippen LogP contribution >= 0.6 is 0 Å². The molecule has 3 atom stereocenters. The van der Waals surface area contributed by atoms with Crippen LogP contribution in [-0.2, 0) is 4.74 Å².